The quantitative estimate of drug-likeness (QED) is 0.661. The highest BCUT2D eigenvalue weighted by atomic mass is 16.5. The smallest absolute Gasteiger partial charge is 0.226 e. The number of nitrogens with zero attached hydrogens (tertiary/aromatic N) is 3. The molecule has 178 valence electrons. The number of amides is 1. The van der Waals surface area contributed by atoms with Gasteiger partial charge in [0.25, 0.3) is 0 Å². The second kappa shape index (κ2) is 11.0. The van der Waals surface area contributed by atoms with Gasteiger partial charge in [0.05, 0.1) is 12.8 Å². The Balaban J connectivity index is 1.39. The predicted molar refractivity (Wildman–Crippen MR) is 133 cm³/mol. The SMILES string of the molecule is COc1ccccc1N1CCN(C[C@@H](Cc2ccccn2)NC(=O)C2(C)CCCCC2)CC1. The maximum atomic E-state index is 13.3. The number of hydrogen-bond donors (Lipinski definition) is 1. The molecule has 1 atom stereocenters. The molecule has 1 aliphatic heterocycles. The van der Waals surface area contributed by atoms with Crippen molar-refractivity contribution in [3.63, 3.8) is 0 Å². The van der Waals surface area contributed by atoms with Gasteiger partial charge >= 0.3 is 0 Å². The molecule has 2 fully saturated rings. The highest BCUT2D eigenvalue weighted by molar-refractivity contribution is 5.82. The van der Waals surface area contributed by atoms with Gasteiger partial charge in [-0.05, 0) is 37.1 Å². The first-order valence-electron chi connectivity index (χ1n) is 12.4. The van der Waals surface area contributed by atoms with Crippen LogP contribution in [0.1, 0.15) is 44.7 Å². The number of piperazine rings is 1. The highest BCUT2D eigenvalue weighted by Gasteiger charge is 2.36. The van der Waals surface area contributed by atoms with Crippen LogP contribution >= 0.6 is 0 Å². The second-order valence-electron chi connectivity index (χ2n) is 9.78. The van der Waals surface area contributed by atoms with Crippen LogP contribution in [-0.4, -0.2) is 61.7 Å². The van der Waals surface area contributed by atoms with Crippen molar-refractivity contribution in [2.75, 3.05) is 44.7 Å². The topological polar surface area (TPSA) is 57.7 Å². The number of carbonyl (C=O) groups is 1. The molecule has 1 aliphatic carbocycles. The van der Waals surface area contributed by atoms with Gasteiger partial charge < -0.3 is 15.0 Å². The Morgan fingerprint density at radius 1 is 1.06 bits per heavy atom. The third-order valence-corrected chi connectivity index (χ3v) is 7.30. The third-order valence-electron chi connectivity index (χ3n) is 7.30. The van der Waals surface area contributed by atoms with E-state index in [2.05, 4.69) is 45.2 Å². The Hall–Kier alpha value is -2.60. The predicted octanol–water partition coefficient (Wildman–Crippen LogP) is 3.91. The summed E-state index contributed by atoms with van der Waals surface area (Å²) < 4.78 is 5.56. The number of hydrogen-bond acceptors (Lipinski definition) is 5. The molecule has 1 N–H and O–H groups in total. The Morgan fingerprint density at radius 3 is 2.48 bits per heavy atom. The number of aromatic nitrogens is 1. The van der Waals surface area contributed by atoms with E-state index >= 15 is 0 Å². The average molecular weight is 451 g/mol. The van der Waals surface area contributed by atoms with E-state index in [-0.39, 0.29) is 17.4 Å². The second-order valence-corrected chi connectivity index (χ2v) is 9.78. The van der Waals surface area contributed by atoms with Gasteiger partial charge in [0.15, 0.2) is 0 Å². The molecular formula is C27H38N4O2. The van der Waals surface area contributed by atoms with Crippen LogP contribution in [0, 0.1) is 5.41 Å². The minimum absolute atomic E-state index is 0.0592. The molecule has 0 radical (unpaired) electrons. The van der Waals surface area contributed by atoms with E-state index in [9.17, 15) is 4.79 Å². The first-order valence-corrected chi connectivity index (χ1v) is 12.4. The van der Waals surface area contributed by atoms with Crippen LogP contribution in [0.5, 0.6) is 5.75 Å². The molecule has 4 rings (SSSR count). The normalized spacial score (nSPS) is 19.6. The van der Waals surface area contributed by atoms with E-state index in [0.29, 0.717) is 0 Å². The van der Waals surface area contributed by atoms with Crippen molar-refractivity contribution in [2.45, 2.75) is 51.5 Å². The van der Waals surface area contributed by atoms with Crippen molar-refractivity contribution < 1.29 is 9.53 Å². The molecule has 1 saturated heterocycles. The number of rotatable bonds is 8. The lowest BCUT2D eigenvalue weighted by Crippen LogP contribution is -2.54. The largest absolute Gasteiger partial charge is 0.495 e. The van der Waals surface area contributed by atoms with Gasteiger partial charge in [0.1, 0.15) is 5.75 Å². The molecule has 6 nitrogen and oxygen atoms in total. The van der Waals surface area contributed by atoms with E-state index < -0.39 is 0 Å². The molecule has 1 aromatic heterocycles. The Morgan fingerprint density at radius 2 is 1.79 bits per heavy atom. The summed E-state index contributed by atoms with van der Waals surface area (Å²) in [7, 11) is 1.73. The monoisotopic (exact) mass is 450 g/mol. The number of nitrogens with one attached hydrogen (secondary N) is 1. The average Bonchev–Trinajstić information content (AvgIpc) is 2.85. The van der Waals surface area contributed by atoms with E-state index in [4.69, 9.17) is 4.74 Å². The molecule has 0 spiro atoms. The lowest BCUT2D eigenvalue weighted by atomic mass is 9.75. The van der Waals surface area contributed by atoms with Crippen LogP contribution in [0.15, 0.2) is 48.7 Å². The van der Waals surface area contributed by atoms with Crippen molar-refractivity contribution in [3.05, 3.63) is 54.4 Å². The summed E-state index contributed by atoms with van der Waals surface area (Å²) in [5.74, 6) is 1.14. The maximum Gasteiger partial charge on any atom is 0.226 e. The lowest BCUT2D eigenvalue weighted by Gasteiger charge is -2.39. The summed E-state index contributed by atoms with van der Waals surface area (Å²) >= 11 is 0. The molecule has 0 bridgehead atoms. The number of anilines is 1. The number of methoxy groups -OCH3 is 1. The fraction of sp³-hybridized carbons (Fsp3) is 0.556. The molecule has 1 aromatic carbocycles. The van der Waals surface area contributed by atoms with Crippen molar-refractivity contribution in [1.29, 1.82) is 0 Å². The van der Waals surface area contributed by atoms with Gasteiger partial charge in [-0.1, -0.05) is 44.4 Å². The summed E-state index contributed by atoms with van der Waals surface area (Å²) in [5, 5.41) is 3.43. The Labute approximate surface area is 198 Å². The fourth-order valence-corrected chi connectivity index (χ4v) is 5.23. The molecule has 2 aliphatic rings. The van der Waals surface area contributed by atoms with Crippen LogP contribution in [0.25, 0.3) is 0 Å². The highest BCUT2D eigenvalue weighted by Crippen LogP contribution is 2.36. The molecule has 2 heterocycles. The molecule has 2 aromatic rings. The van der Waals surface area contributed by atoms with Gasteiger partial charge in [-0.2, -0.15) is 0 Å². The third kappa shape index (κ3) is 6.05. The van der Waals surface area contributed by atoms with Crippen LogP contribution < -0.4 is 15.0 Å². The van der Waals surface area contributed by atoms with Crippen LogP contribution in [0.3, 0.4) is 0 Å². The first-order chi connectivity index (χ1) is 16.1. The zero-order valence-electron chi connectivity index (χ0n) is 20.1. The summed E-state index contributed by atoms with van der Waals surface area (Å²) in [6.07, 6.45) is 8.13. The maximum absolute atomic E-state index is 13.3. The lowest BCUT2D eigenvalue weighted by molar-refractivity contribution is -0.132. The van der Waals surface area contributed by atoms with E-state index in [1.165, 1.54) is 6.42 Å². The van der Waals surface area contributed by atoms with E-state index in [0.717, 1.165) is 82.0 Å². The Bertz CT molecular complexity index is 890. The van der Waals surface area contributed by atoms with Gasteiger partial charge in [-0.3, -0.25) is 14.7 Å². The van der Waals surface area contributed by atoms with Crippen LogP contribution in [0.4, 0.5) is 5.69 Å². The summed E-state index contributed by atoms with van der Waals surface area (Å²) in [5.41, 5.74) is 1.95. The van der Waals surface area contributed by atoms with Crippen molar-refractivity contribution in [1.82, 2.24) is 15.2 Å². The number of ether oxygens (including phenoxy) is 1. The summed E-state index contributed by atoms with van der Waals surface area (Å²) in [6.45, 7) is 6.81. The fourth-order valence-electron chi connectivity index (χ4n) is 5.23. The zero-order chi connectivity index (χ0) is 23.1. The van der Waals surface area contributed by atoms with E-state index in [1.807, 2.05) is 30.5 Å². The minimum Gasteiger partial charge on any atom is -0.495 e. The number of pyridine rings is 1. The molecule has 1 amide bonds. The first kappa shape index (κ1) is 23.6. The van der Waals surface area contributed by atoms with Gasteiger partial charge in [-0.25, -0.2) is 0 Å². The van der Waals surface area contributed by atoms with Crippen molar-refractivity contribution >= 4 is 11.6 Å². The molecule has 0 unspecified atom stereocenters. The molecule has 33 heavy (non-hydrogen) atoms. The van der Waals surface area contributed by atoms with Gasteiger partial charge in [0.2, 0.25) is 5.91 Å². The van der Waals surface area contributed by atoms with Crippen LogP contribution in [-0.2, 0) is 11.2 Å². The van der Waals surface area contributed by atoms with Gasteiger partial charge in [0, 0.05) is 62.5 Å². The number of carbonyl (C=O) groups excluding carboxylic acids is 1. The van der Waals surface area contributed by atoms with Gasteiger partial charge in [-0.15, -0.1) is 0 Å². The van der Waals surface area contributed by atoms with Crippen molar-refractivity contribution in [2.24, 2.45) is 5.41 Å². The van der Waals surface area contributed by atoms with Crippen LogP contribution in [0.2, 0.25) is 0 Å². The Kier molecular flexibility index (Phi) is 7.86. The summed E-state index contributed by atoms with van der Waals surface area (Å²) in [4.78, 5) is 22.7. The number of benzene rings is 1. The molecule has 6 heteroatoms. The van der Waals surface area contributed by atoms with E-state index in [1.54, 1.807) is 7.11 Å². The minimum atomic E-state index is -0.233. The number of para-hydroxylation sites is 2. The molecule has 1 saturated carbocycles. The molecular weight excluding hydrogens is 412 g/mol. The standard InChI is InChI=1S/C27H38N4O2/c1-27(13-7-3-8-14-27)26(32)29-23(20-22-10-6-9-15-28-22)21-30-16-18-31(19-17-30)24-11-4-5-12-25(24)33-2/h4-6,9-12,15,23H,3,7-8,13-14,16-21H2,1-2H3,(H,29,32)/t23-/m1/s1. The summed E-state index contributed by atoms with van der Waals surface area (Å²) in [6, 6.07) is 14.3. The van der Waals surface area contributed by atoms with Crippen molar-refractivity contribution in [3.8, 4) is 5.75 Å². The zero-order valence-corrected chi connectivity index (χ0v) is 20.1.